The summed E-state index contributed by atoms with van der Waals surface area (Å²) in [5.41, 5.74) is 0. The minimum Gasteiger partial charge on any atom is -0.316 e. The van der Waals surface area contributed by atoms with Crippen LogP contribution >= 0.6 is 12.4 Å². The van der Waals surface area contributed by atoms with E-state index in [1.54, 1.807) is 7.05 Å². The molecule has 0 spiro atoms. The van der Waals surface area contributed by atoms with E-state index >= 15 is 0 Å². The second-order valence-corrected chi connectivity index (χ2v) is 6.63. The van der Waals surface area contributed by atoms with Crippen LogP contribution in [0.3, 0.4) is 0 Å². The van der Waals surface area contributed by atoms with Gasteiger partial charge in [-0.3, -0.25) is 0 Å². The number of nitrogens with one attached hydrogen (secondary N) is 1. The molecule has 1 heterocycles. The predicted octanol–water partition coefficient (Wildman–Crippen LogP) is 1.90. The molecule has 0 amide bonds. The summed E-state index contributed by atoms with van der Waals surface area (Å²) in [6.07, 6.45) is 1.48. The summed E-state index contributed by atoms with van der Waals surface area (Å²) >= 11 is 0. The van der Waals surface area contributed by atoms with E-state index in [0.29, 0.717) is 18.6 Å². The molecule has 1 aromatic carbocycles. The summed E-state index contributed by atoms with van der Waals surface area (Å²) < 4.78 is 65.0. The molecule has 0 bridgehead atoms. The van der Waals surface area contributed by atoms with Crippen LogP contribution < -0.4 is 5.32 Å². The largest absolute Gasteiger partial charge is 0.316 e. The minimum atomic E-state index is -4.02. The smallest absolute Gasteiger partial charge is 0.243 e. The molecule has 2 rings (SSSR count). The highest BCUT2D eigenvalue weighted by Crippen LogP contribution is 2.23. The normalized spacial score (nSPS) is 20.1. The molecule has 1 aromatic rings. The first-order valence-corrected chi connectivity index (χ1v) is 7.62. The van der Waals surface area contributed by atoms with E-state index in [-0.39, 0.29) is 31.5 Å². The molecule has 21 heavy (non-hydrogen) atoms. The van der Waals surface area contributed by atoms with Gasteiger partial charge in [-0.2, -0.15) is 4.31 Å². The van der Waals surface area contributed by atoms with Gasteiger partial charge in [0.25, 0.3) is 0 Å². The molecule has 0 aliphatic carbocycles. The molecule has 1 saturated heterocycles. The maximum Gasteiger partial charge on any atom is 0.243 e. The zero-order chi connectivity index (χ0) is 14.9. The summed E-state index contributed by atoms with van der Waals surface area (Å²) in [5.74, 6) is -4.69. The van der Waals surface area contributed by atoms with Crippen molar-refractivity contribution in [3.8, 4) is 0 Å². The van der Waals surface area contributed by atoms with Crippen molar-refractivity contribution in [2.45, 2.75) is 23.8 Å². The van der Waals surface area contributed by atoms with Crippen molar-refractivity contribution in [2.75, 3.05) is 20.1 Å². The molecule has 1 aliphatic rings. The highest BCUT2D eigenvalue weighted by molar-refractivity contribution is 7.89. The van der Waals surface area contributed by atoms with Gasteiger partial charge in [-0.05, 0) is 32.0 Å². The lowest BCUT2D eigenvalue weighted by Gasteiger charge is -2.31. The summed E-state index contributed by atoms with van der Waals surface area (Å²) in [6, 6.07) is 1.02. The van der Waals surface area contributed by atoms with Crippen LogP contribution in [0.2, 0.25) is 0 Å². The molecule has 0 saturated carbocycles. The molecular weight excluding hydrogens is 329 g/mol. The van der Waals surface area contributed by atoms with Crippen molar-refractivity contribution < 1.29 is 21.6 Å². The molecule has 1 N–H and O–H groups in total. The Morgan fingerprint density at radius 1 is 1.24 bits per heavy atom. The molecule has 1 fully saturated rings. The van der Waals surface area contributed by atoms with Gasteiger partial charge >= 0.3 is 0 Å². The third-order valence-corrected chi connectivity index (χ3v) is 5.23. The van der Waals surface area contributed by atoms with Gasteiger partial charge in [0.2, 0.25) is 10.0 Å². The standard InChI is InChI=1S/C12H15F3N2O2S.ClH/c1-16-8-3-2-4-17(7-8)20(18,19)9-5-10(13)12(15)11(14)6-9;/h5-6,8,16H,2-4,7H2,1H3;1H. The molecule has 120 valence electrons. The quantitative estimate of drug-likeness (QED) is 0.852. The lowest BCUT2D eigenvalue weighted by atomic mass is 10.1. The number of nitrogens with zero attached hydrogens (tertiary/aromatic N) is 1. The Hall–Kier alpha value is -0.830. The van der Waals surface area contributed by atoms with Crippen LogP contribution in [0.1, 0.15) is 12.8 Å². The van der Waals surface area contributed by atoms with E-state index in [4.69, 9.17) is 0 Å². The maximum absolute atomic E-state index is 13.2. The molecule has 1 aliphatic heterocycles. The number of halogens is 4. The Labute approximate surface area is 127 Å². The Morgan fingerprint density at radius 2 is 1.81 bits per heavy atom. The minimum absolute atomic E-state index is 0. The molecule has 9 heteroatoms. The highest BCUT2D eigenvalue weighted by atomic mass is 35.5. The topological polar surface area (TPSA) is 49.4 Å². The SMILES string of the molecule is CNC1CCCN(S(=O)(=O)c2cc(F)c(F)c(F)c2)C1.Cl. The average molecular weight is 345 g/mol. The van der Waals surface area contributed by atoms with E-state index < -0.39 is 32.4 Å². The van der Waals surface area contributed by atoms with Gasteiger partial charge < -0.3 is 5.32 Å². The van der Waals surface area contributed by atoms with Crippen molar-refractivity contribution in [3.05, 3.63) is 29.6 Å². The van der Waals surface area contributed by atoms with Crippen molar-refractivity contribution in [1.29, 1.82) is 0 Å². The van der Waals surface area contributed by atoms with Gasteiger partial charge in [0.1, 0.15) is 0 Å². The number of hydrogen-bond acceptors (Lipinski definition) is 3. The van der Waals surface area contributed by atoms with E-state index in [9.17, 15) is 21.6 Å². The second-order valence-electron chi connectivity index (χ2n) is 4.69. The van der Waals surface area contributed by atoms with Crippen LogP contribution in [0.5, 0.6) is 0 Å². The molecule has 4 nitrogen and oxygen atoms in total. The first-order valence-electron chi connectivity index (χ1n) is 6.18. The van der Waals surface area contributed by atoms with Crippen LogP contribution in [-0.2, 0) is 10.0 Å². The second kappa shape index (κ2) is 6.95. The summed E-state index contributed by atoms with van der Waals surface area (Å²) in [5, 5.41) is 2.98. The Balaban J connectivity index is 0.00000220. The fourth-order valence-electron chi connectivity index (χ4n) is 2.23. The lowest BCUT2D eigenvalue weighted by molar-refractivity contribution is 0.292. The fraction of sp³-hybridized carbons (Fsp3) is 0.500. The fourth-order valence-corrected chi connectivity index (χ4v) is 3.78. The van der Waals surface area contributed by atoms with Gasteiger partial charge in [-0.1, -0.05) is 0 Å². The third kappa shape index (κ3) is 3.68. The van der Waals surface area contributed by atoms with Crippen molar-refractivity contribution in [2.24, 2.45) is 0 Å². The Bertz CT molecular complexity index is 590. The third-order valence-electron chi connectivity index (χ3n) is 3.39. The number of sulfonamides is 1. The number of hydrogen-bond donors (Lipinski definition) is 1. The van der Waals surface area contributed by atoms with Crippen molar-refractivity contribution in [3.63, 3.8) is 0 Å². The average Bonchev–Trinajstić information content (AvgIpc) is 2.44. The van der Waals surface area contributed by atoms with E-state index in [1.807, 2.05) is 0 Å². The molecule has 0 aromatic heterocycles. The molecule has 0 radical (unpaired) electrons. The molecule has 1 unspecified atom stereocenters. The van der Waals surface area contributed by atoms with E-state index in [0.717, 1.165) is 10.7 Å². The van der Waals surface area contributed by atoms with Crippen LogP contribution in [0.15, 0.2) is 17.0 Å². The number of rotatable bonds is 3. The van der Waals surface area contributed by atoms with Gasteiger partial charge in [0.15, 0.2) is 17.5 Å². The lowest BCUT2D eigenvalue weighted by Crippen LogP contribution is -2.46. The number of benzene rings is 1. The number of piperidine rings is 1. The summed E-state index contributed by atoms with van der Waals surface area (Å²) in [7, 11) is -2.30. The first-order chi connectivity index (χ1) is 9.36. The molecule has 1 atom stereocenters. The van der Waals surface area contributed by atoms with Crippen LogP contribution in [-0.4, -0.2) is 38.9 Å². The predicted molar refractivity (Wildman–Crippen MR) is 74.4 cm³/mol. The van der Waals surface area contributed by atoms with Gasteiger partial charge in [-0.15, -0.1) is 12.4 Å². The van der Waals surface area contributed by atoms with Crippen LogP contribution in [0, 0.1) is 17.5 Å². The summed E-state index contributed by atoms with van der Waals surface area (Å²) in [6.45, 7) is 0.501. The van der Waals surface area contributed by atoms with Gasteiger partial charge in [0, 0.05) is 19.1 Å². The van der Waals surface area contributed by atoms with E-state index in [2.05, 4.69) is 5.32 Å². The van der Waals surface area contributed by atoms with Crippen LogP contribution in [0.25, 0.3) is 0 Å². The zero-order valence-corrected chi connectivity index (χ0v) is 12.9. The number of likely N-dealkylation sites (N-methyl/N-ethyl adjacent to an activating group) is 1. The zero-order valence-electron chi connectivity index (χ0n) is 11.3. The molecular formula is C12H16ClF3N2O2S. The van der Waals surface area contributed by atoms with E-state index in [1.165, 1.54) is 0 Å². The monoisotopic (exact) mass is 344 g/mol. The Kier molecular flexibility index (Phi) is 6.03. The first kappa shape index (κ1) is 18.2. The summed E-state index contributed by atoms with van der Waals surface area (Å²) in [4.78, 5) is -0.564. The Morgan fingerprint density at radius 3 is 2.33 bits per heavy atom. The van der Waals surface area contributed by atoms with Gasteiger partial charge in [0.05, 0.1) is 4.90 Å². The van der Waals surface area contributed by atoms with Crippen molar-refractivity contribution in [1.82, 2.24) is 9.62 Å². The highest BCUT2D eigenvalue weighted by Gasteiger charge is 2.31. The maximum atomic E-state index is 13.2. The van der Waals surface area contributed by atoms with Crippen molar-refractivity contribution >= 4 is 22.4 Å². The van der Waals surface area contributed by atoms with Crippen LogP contribution in [0.4, 0.5) is 13.2 Å². The van der Waals surface area contributed by atoms with Gasteiger partial charge in [-0.25, -0.2) is 21.6 Å².